The summed E-state index contributed by atoms with van der Waals surface area (Å²) in [6.07, 6.45) is 3.73. The Kier molecular flexibility index (Phi) is 6.52. The van der Waals surface area contributed by atoms with Gasteiger partial charge in [-0.1, -0.05) is 30.3 Å². The maximum atomic E-state index is 12.6. The van der Waals surface area contributed by atoms with Gasteiger partial charge in [-0.2, -0.15) is 5.26 Å². The van der Waals surface area contributed by atoms with E-state index in [1.807, 2.05) is 67.1 Å². The number of ether oxygens (including phenoxy) is 1. The summed E-state index contributed by atoms with van der Waals surface area (Å²) in [5.41, 5.74) is 3.88. The lowest BCUT2D eigenvalue weighted by Crippen LogP contribution is -2.56. The van der Waals surface area contributed by atoms with Crippen LogP contribution in [0.4, 0.5) is 5.69 Å². The van der Waals surface area contributed by atoms with Gasteiger partial charge in [-0.25, -0.2) is 9.78 Å². The van der Waals surface area contributed by atoms with Crippen molar-refractivity contribution in [1.29, 1.82) is 5.26 Å². The van der Waals surface area contributed by atoms with Gasteiger partial charge in [0.1, 0.15) is 6.04 Å². The largest absolute Gasteiger partial charge is 0.467 e. The molecule has 1 unspecified atom stereocenters. The lowest BCUT2D eigenvalue weighted by Gasteiger charge is -2.41. The number of nitrogens with zero attached hydrogens (tertiary/aromatic N) is 5. The van der Waals surface area contributed by atoms with Gasteiger partial charge in [0.2, 0.25) is 0 Å². The van der Waals surface area contributed by atoms with Gasteiger partial charge in [0.05, 0.1) is 36.8 Å². The Morgan fingerprint density at radius 2 is 1.94 bits per heavy atom. The molecule has 2 atom stereocenters. The monoisotopic (exact) mass is 429 g/mol. The van der Waals surface area contributed by atoms with Crippen molar-refractivity contribution in [2.24, 2.45) is 0 Å². The van der Waals surface area contributed by atoms with Crippen LogP contribution in [0.15, 0.2) is 67.1 Å². The molecule has 1 aliphatic rings. The molecule has 2 aromatic carbocycles. The van der Waals surface area contributed by atoms with Crippen molar-refractivity contribution in [2.75, 3.05) is 31.6 Å². The topological polar surface area (TPSA) is 74.4 Å². The normalized spacial score (nSPS) is 17.5. The Morgan fingerprint density at radius 1 is 1.19 bits per heavy atom. The van der Waals surface area contributed by atoms with Gasteiger partial charge in [-0.3, -0.25) is 4.90 Å². The third kappa shape index (κ3) is 4.51. The van der Waals surface area contributed by atoms with E-state index >= 15 is 0 Å². The van der Waals surface area contributed by atoms with E-state index in [9.17, 15) is 4.79 Å². The minimum atomic E-state index is -0.358. The van der Waals surface area contributed by atoms with Crippen molar-refractivity contribution in [3.63, 3.8) is 0 Å². The fourth-order valence-corrected chi connectivity index (χ4v) is 4.28. The third-order valence-electron chi connectivity index (χ3n) is 6.10. The molecule has 7 heteroatoms. The van der Waals surface area contributed by atoms with E-state index in [-0.39, 0.29) is 18.1 Å². The Morgan fingerprint density at radius 3 is 2.62 bits per heavy atom. The first-order valence-corrected chi connectivity index (χ1v) is 10.7. The molecule has 0 saturated carbocycles. The van der Waals surface area contributed by atoms with E-state index in [1.165, 1.54) is 7.11 Å². The SMILES string of the molecule is COC(=O)C1CN(Cc2cncn2[C@H](C)c2ccc(C#N)cc2)CCN1c1ccccc1. The first kappa shape index (κ1) is 21.6. The molecular formula is C25H27N5O2. The number of aromatic nitrogens is 2. The van der Waals surface area contributed by atoms with Gasteiger partial charge in [0, 0.05) is 38.1 Å². The second-order valence-corrected chi connectivity index (χ2v) is 8.01. The van der Waals surface area contributed by atoms with Crippen LogP contribution in [-0.4, -0.2) is 53.2 Å². The van der Waals surface area contributed by atoms with Crippen LogP contribution in [0, 0.1) is 11.3 Å². The average molecular weight is 430 g/mol. The third-order valence-corrected chi connectivity index (χ3v) is 6.10. The molecule has 0 bridgehead atoms. The summed E-state index contributed by atoms with van der Waals surface area (Å²) < 4.78 is 7.27. The van der Waals surface area contributed by atoms with Crippen molar-refractivity contribution in [2.45, 2.75) is 25.6 Å². The number of piperazine rings is 1. The van der Waals surface area contributed by atoms with Crippen LogP contribution >= 0.6 is 0 Å². The molecule has 4 rings (SSSR count). The number of hydrogen-bond donors (Lipinski definition) is 0. The highest BCUT2D eigenvalue weighted by Crippen LogP contribution is 2.24. The van der Waals surface area contributed by atoms with Crippen LogP contribution in [0.25, 0.3) is 0 Å². The molecule has 7 nitrogen and oxygen atoms in total. The van der Waals surface area contributed by atoms with Crippen LogP contribution in [-0.2, 0) is 16.1 Å². The van der Waals surface area contributed by atoms with Crippen LogP contribution in [0.2, 0.25) is 0 Å². The molecule has 0 N–H and O–H groups in total. The fraction of sp³-hybridized carbons (Fsp3) is 0.320. The van der Waals surface area contributed by atoms with Crippen molar-refractivity contribution in [3.05, 3.63) is 83.9 Å². The van der Waals surface area contributed by atoms with E-state index in [2.05, 4.69) is 32.3 Å². The highest BCUT2D eigenvalue weighted by atomic mass is 16.5. The molecule has 3 aromatic rings. The van der Waals surface area contributed by atoms with Crippen molar-refractivity contribution >= 4 is 11.7 Å². The molecule has 0 amide bonds. The molecule has 1 fully saturated rings. The van der Waals surface area contributed by atoms with Crippen LogP contribution < -0.4 is 4.90 Å². The number of para-hydroxylation sites is 1. The summed E-state index contributed by atoms with van der Waals surface area (Å²) in [5, 5.41) is 9.04. The highest BCUT2D eigenvalue weighted by molar-refractivity contribution is 5.80. The Labute approximate surface area is 188 Å². The maximum Gasteiger partial charge on any atom is 0.329 e. The molecule has 1 saturated heterocycles. The van der Waals surface area contributed by atoms with Gasteiger partial charge >= 0.3 is 5.97 Å². The molecular weight excluding hydrogens is 402 g/mol. The summed E-state index contributed by atoms with van der Waals surface area (Å²) in [5.74, 6) is -0.224. The Balaban J connectivity index is 1.50. The van der Waals surface area contributed by atoms with Gasteiger partial charge in [0.15, 0.2) is 0 Å². The van der Waals surface area contributed by atoms with E-state index in [0.29, 0.717) is 18.7 Å². The van der Waals surface area contributed by atoms with Gasteiger partial charge in [-0.05, 0) is 36.8 Å². The molecule has 0 radical (unpaired) electrons. The number of imidazole rings is 1. The summed E-state index contributed by atoms with van der Waals surface area (Å²) in [6, 6.07) is 19.5. The van der Waals surface area contributed by atoms with Crippen LogP contribution in [0.1, 0.15) is 29.8 Å². The first-order chi connectivity index (χ1) is 15.6. The predicted molar refractivity (Wildman–Crippen MR) is 122 cm³/mol. The quantitative estimate of drug-likeness (QED) is 0.560. The zero-order chi connectivity index (χ0) is 22.5. The van der Waals surface area contributed by atoms with Crippen molar-refractivity contribution in [3.8, 4) is 6.07 Å². The Hall–Kier alpha value is -3.63. The summed E-state index contributed by atoms with van der Waals surface area (Å²) in [7, 11) is 1.44. The van der Waals surface area contributed by atoms with Gasteiger partial charge in [0.25, 0.3) is 0 Å². The lowest BCUT2D eigenvalue weighted by atomic mass is 10.1. The number of hydrogen-bond acceptors (Lipinski definition) is 6. The first-order valence-electron chi connectivity index (χ1n) is 10.7. The highest BCUT2D eigenvalue weighted by Gasteiger charge is 2.33. The molecule has 0 aliphatic carbocycles. The van der Waals surface area contributed by atoms with Crippen LogP contribution in [0.3, 0.4) is 0 Å². The Bertz CT molecular complexity index is 1090. The van der Waals surface area contributed by atoms with Crippen molar-refractivity contribution in [1.82, 2.24) is 14.5 Å². The molecule has 2 heterocycles. The number of carbonyl (C=O) groups is 1. The minimum absolute atomic E-state index is 0.0854. The van der Waals surface area contributed by atoms with E-state index in [4.69, 9.17) is 10.00 Å². The zero-order valence-corrected chi connectivity index (χ0v) is 18.4. The lowest BCUT2D eigenvalue weighted by molar-refractivity contribution is -0.143. The standard InChI is InChI=1S/C25H27N5O2/c1-19(21-10-8-20(14-26)9-11-21)30-18-27-15-23(30)16-28-12-13-29(22-6-4-3-5-7-22)24(17-28)25(31)32-2/h3-11,15,18-19,24H,12-13,16-17H2,1-2H3/t19-,24?/m1/s1. The van der Waals surface area contributed by atoms with Gasteiger partial charge in [-0.15, -0.1) is 0 Å². The van der Waals surface area contributed by atoms with Crippen molar-refractivity contribution < 1.29 is 9.53 Å². The number of rotatable bonds is 6. The summed E-state index contributed by atoms with van der Waals surface area (Å²) in [4.78, 5) is 21.4. The number of benzene rings is 2. The number of esters is 1. The molecule has 1 aliphatic heterocycles. The van der Waals surface area contributed by atoms with Gasteiger partial charge < -0.3 is 14.2 Å². The van der Waals surface area contributed by atoms with E-state index in [0.717, 1.165) is 30.0 Å². The summed E-state index contributed by atoms with van der Waals surface area (Å²) >= 11 is 0. The number of nitriles is 1. The number of methoxy groups -OCH3 is 1. The number of carbonyl (C=O) groups excluding carboxylic acids is 1. The van der Waals surface area contributed by atoms with Crippen LogP contribution in [0.5, 0.6) is 0 Å². The fourth-order valence-electron chi connectivity index (χ4n) is 4.28. The molecule has 32 heavy (non-hydrogen) atoms. The second-order valence-electron chi connectivity index (χ2n) is 8.01. The molecule has 164 valence electrons. The number of anilines is 1. The summed E-state index contributed by atoms with van der Waals surface area (Å²) in [6.45, 7) is 4.97. The minimum Gasteiger partial charge on any atom is -0.467 e. The second kappa shape index (κ2) is 9.67. The van der Waals surface area contributed by atoms with E-state index in [1.54, 1.807) is 0 Å². The average Bonchev–Trinajstić information content (AvgIpc) is 3.31. The molecule has 0 spiro atoms. The van der Waals surface area contributed by atoms with E-state index < -0.39 is 0 Å². The predicted octanol–water partition coefficient (Wildman–Crippen LogP) is 3.23. The smallest absolute Gasteiger partial charge is 0.329 e. The maximum absolute atomic E-state index is 12.6. The molecule has 1 aromatic heterocycles. The zero-order valence-electron chi connectivity index (χ0n) is 18.4.